The van der Waals surface area contributed by atoms with E-state index in [1.165, 1.54) is 11.1 Å². The molecule has 0 radical (unpaired) electrons. The maximum atomic E-state index is 3.63. The average Bonchev–Trinajstić information content (AvgIpc) is 2.46. The first-order valence-electron chi connectivity index (χ1n) is 6.24. The third kappa shape index (κ3) is 3.62. The zero-order valence-electron chi connectivity index (χ0n) is 10.7. The van der Waals surface area contributed by atoms with Crippen LogP contribution in [0, 0.1) is 0 Å². The van der Waals surface area contributed by atoms with Crippen LogP contribution in [0.1, 0.15) is 17.2 Å². The SMILES string of the molecule is CSCCNC(c1ccccc1)c1ccccc1. The Bertz CT molecular complexity index is 402. The van der Waals surface area contributed by atoms with Crippen LogP contribution in [-0.2, 0) is 0 Å². The highest BCUT2D eigenvalue weighted by molar-refractivity contribution is 7.98. The Kier molecular flexibility index (Phi) is 5.31. The summed E-state index contributed by atoms with van der Waals surface area (Å²) in [5.41, 5.74) is 2.65. The monoisotopic (exact) mass is 257 g/mol. The number of thioether (sulfide) groups is 1. The van der Waals surface area contributed by atoms with Crippen molar-refractivity contribution >= 4 is 11.8 Å². The van der Waals surface area contributed by atoms with Crippen LogP contribution in [0.2, 0.25) is 0 Å². The van der Waals surface area contributed by atoms with Gasteiger partial charge in [-0.05, 0) is 17.4 Å². The van der Waals surface area contributed by atoms with Gasteiger partial charge in [0, 0.05) is 12.3 Å². The van der Waals surface area contributed by atoms with Gasteiger partial charge in [-0.2, -0.15) is 11.8 Å². The Labute approximate surface area is 114 Å². The van der Waals surface area contributed by atoms with Gasteiger partial charge in [0.2, 0.25) is 0 Å². The van der Waals surface area contributed by atoms with Crippen LogP contribution in [0.4, 0.5) is 0 Å². The molecular weight excluding hydrogens is 238 g/mol. The van der Waals surface area contributed by atoms with Crippen LogP contribution in [0.25, 0.3) is 0 Å². The van der Waals surface area contributed by atoms with Gasteiger partial charge >= 0.3 is 0 Å². The van der Waals surface area contributed by atoms with Gasteiger partial charge in [0.25, 0.3) is 0 Å². The molecule has 0 heterocycles. The fourth-order valence-electron chi connectivity index (χ4n) is 2.02. The molecule has 18 heavy (non-hydrogen) atoms. The van der Waals surface area contributed by atoms with E-state index in [1.807, 2.05) is 11.8 Å². The van der Waals surface area contributed by atoms with Gasteiger partial charge in [-0.25, -0.2) is 0 Å². The second-order valence-corrected chi connectivity index (χ2v) is 5.19. The van der Waals surface area contributed by atoms with Crippen molar-refractivity contribution in [3.05, 3.63) is 71.8 Å². The minimum Gasteiger partial charge on any atom is -0.305 e. The molecule has 2 aromatic rings. The van der Waals surface area contributed by atoms with E-state index in [-0.39, 0.29) is 0 Å². The van der Waals surface area contributed by atoms with Crippen molar-refractivity contribution in [1.29, 1.82) is 0 Å². The topological polar surface area (TPSA) is 12.0 Å². The summed E-state index contributed by atoms with van der Waals surface area (Å²) in [6, 6.07) is 21.5. The predicted octanol–water partition coefficient (Wildman–Crippen LogP) is 3.73. The highest BCUT2D eigenvalue weighted by Crippen LogP contribution is 2.21. The standard InChI is InChI=1S/C16H19NS/c1-18-13-12-17-16(14-8-4-2-5-9-14)15-10-6-3-7-11-15/h2-11,16-17H,12-13H2,1H3. The molecule has 0 saturated heterocycles. The maximum Gasteiger partial charge on any atom is 0.0576 e. The lowest BCUT2D eigenvalue weighted by molar-refractivity contribution is 0.634. The molecule has 1 nitrogen and oxygen atoms in total. The molecule has 2 rings (SSSR count). The molecular formula is C16H19NS. The lowest BCUT2D eigenvalue weighted by Gasteiger charge is -2.19. The van der Waals surface area contributed by atoms with E-state index in [0.717, 1.165) is 12.3 Å². The molecule has 0 aliphatic rings. The van der Waals surface area contributed by atoms with E-state index >= 15 is 0 Å². The highest BCUT2D eigenvalue weighted by atomic mass is 32.2. The van der Waals surface area contributed by atoms with Crippen LogP contribution in [-0.4, -0.2) is 18.6 Å². The van der Waals surface area contributed by atoms with Gasteiger partial charge in [-0.15, -0.1) is 0 Å². The number of hydrogen-bond acceptors (Lipinski definition) is 2. The Morgan fingerprint density at radius 3 is 1.83 bits per heavy atom. The Morgan fingerprint density at radius 1 is 0.889 bits per heavy atom. The maximum absolute atomic E-state index is 3.63. The second kappa shape index (κ2) is 7.24. The Balaban J connectivity index is 2.18. The molecule has 0 amide bonds. The van der Waals surface area contributed by atoms with E-state index in [0.29, 0.717) is 6.04 Å². The summed E-state index contributed by atoms with van der Waals surface area (Å²) in [4.78, 5) is 0. The molecule has 0 saturated carbocycles. The Hall–Kier alpha value is -1.25. The molecule has 0 aromatic heterocycles. The van der Waals surface area contributed by atoms with Crippen LogP contribution in [0.5, 0.6) is 0 Å². The number of benzene rings is 2. The lowest BCUT2D eigenvalue weighted by atomic mass is 9.99. The van der Waals surface area contributed by atoms with E-state index in [4.69, 9.17) is 0 Å². The summed E-state index contributed by atoms with van der Waals surface area (Å²) < 4.78 is 0. The fraction of sp³-hybridized carbons (Fsp3) is 0.250. The third-order valence-electron chi connectivity index (χ3n) is 2.92. The largest absolute Gasteiger partial charge is 0.305 e. The van der Waals surface area contributed by atoms with Crippen molar-refractivity contribution in [3.8, 4) is 0 Å². The van der Waals surface area contributed by atoms with E-state index in [1.54, 1.807) is 0 Å². The zero-order chi connectivity index (χ0) is 12.6. The van der Waals surface area contributed by atoms with Crippen molar-refractivity contribution in [1.82, 2.24) is 5.32 Å². The average molecular weight is 257 g/mol. The van der Waals surface area contributed by atoms with Crippen molar-refractivity contribution < 1.29 is 0 Å². The first-order valence-corrected chi connectivity index (χ1v) is 7.63. The predicted molar refractivity (Wildman–Crippen MR) is 81.1 cm³/mol. The molecule has 2 heteroatoms. The van der Waals surface area contributed by atoms with Gasteiger partial charge in [0.05, 0.1) is 6.04 Å². The van der Waals surface area contributed by atoms with Crippen molar-refractivity contribution in [2.45, 2.75) is 6.04 Å². The number of hydrogen-bond donors (Lipinski definition) is 1. The first-order chi connectivity index (χ1) is 8.92. The molecule has 0 fully saturated rings. The minimum absolute atomic E-state index is 0.291. The summed E-state index contributed by atoms with van der Waals surface area (Å²) >= 11 is 1.87. The number of nitrogens with one attached hydrogen (secondary N) is 1. The van der Waals surface area contributed by atoms with Crippen LogP contribution in [0.15, 0.2) is 60.7 Å². The second-order valence-electron chi connectivity index (χ2n) is 4.20. The molecule has 0 aliphatic heterocycles. The highest BCUT2D eigenvalue weighted by Gasteiger charge is 2.11. The van der Waals surface area contributed by atoms with Crippen LogP contribution < -0.4 is 5.32 Å². The van der Waals surface area contributed by atoms with Crippen molar-refractivity contribution in [2.75, 3.05) is 18.6 Å². The summed E-state index contributed by atoms with van der Waals surface area (Å²) in [5, 5.41) is 3.63. The van der Waals surface area contributed by atoms with Gasteiger partial charge in [0.15, 0.2) is 0 Å². The smallest absolute Gasteiger partial charge is 0.0576 e. The van der Waals surface area contributed by atoms with Crippen molar-refractivity contribution in [3.63, 3.8) is 0 Å². The molecule has 0 spiro atoms. The van der Waals surface area contributed by atoms with Crippen molar-refractivity contribution in [2.24, 2.45) is 0 Å². The van der Waals surface area contributed by atoms with Gasteiger partial charge in [-0.1, -0.05) is 60.7 Å². The molecule has 94 valence electrons. The summed E-state index contributed by atoms with van der Waals surface area (Å²) in [7, 11) is 0. The van der Waals surface area contributed by atoms with Crippen LogP contribution >= 0.6 is 11.8 Å². The summed E-state index contributed by atoms with van der Waals surface area (Å²) in [6.45, 7) is 1.02. The van der Waals surface area contributed by atoms with Gasteiger partial charge in [-0.3, -0.25) is 0 Å². The molecule has 0 atom stereocenters. The van der Waals surface area contributed by atoms with E-state index in [2.05, 4.69) is 72.2 Å². The van der Waals surface area contributed by atoms with E-state index < -0.39 is 0 Å². The summed E-state index contributed by atoms with van der Waals surface area (Å²) in [5.74, 6) is 1.14. The molecule has 2 aromatic carbocycles. The molecule has 0 bridgehead atoms. The van der Waals surface area contributed by atoms with Gasteiger partial charge < -0.3 is 5.32 Å². The number of rotatable bonds is 6. The minimum atomic E-state index is 0.291. The van der Waals surface area contributed by atoms with Crippen LogP contribution in [0.3, 0.4) is 0 Å². The zero-order valence-corrected chi connectivity index (χ0v) is 11.5. The Morgan fingerprint density at radius 2 is 1.39 bits per heavy atom. The molecule has 0 aliphatic carbocycles. The van der Waals surface area contributed by atoms with E-state index in [9.17, 15) is 0 Å². The third-order valence-corrected chi connectivity index (χ3v) is 3.53. The lowest BCUT2D eigenvalue weighted by Crippen LogP contribution is -2.24. The summed E-state index contributed by atoms with van der Waals surface area (Å²) in [6.07, 6.45) is 2.14. The fourth-order valence-corrected chi connectivity index (χ4v) is 2.35. The first kappa shape index (κ1) is 13.2. The quantitative estimate of drug-likeness (QED) is 0.791. The normalized spacial score (nSPS) is 10.8. The van der Waals surface area contributed by atoms with Gasteiger partial charge in [0.1, 0.15) is 0 Å². The molecule has 1 N–H and O–H groups in total. The molecule has 0 unspecified atom stereocenters.